The first-order valence-electron chi connectivity index (χ1n) is 9.22. The van der Waals surface area contributed by atoms with Gasteiger partial charge >= 0.3 is 6.01 Å². The summed E-state index contributed by atoms with van der Waals surface area (Å²) in [5.41, 5.74) is 1.66. The summed E-state index contributed by atoms with van der Waals surface area (Å²) < 4.78 is 13.5. The van der Waals surface area contributed by atoms with Crippen LogP contribution >= 0.6 is 0 Å². The Bertz CT molecular complexity index is 946. The highest BCUT2D eigenvalue weighted by atomic mass is 16.5. The van der Waals surface area contributed by atoms with Crippen LogP contribution in [0.25, 0.3) is 5.65 Å². The Morgan fingerprint density at radius 2 is 2.22 bits per heavy atom. The lowest BCUT2D eigenvalue weighted by Gasteiger charge is -2.20. The molecule has 3 aromatic heterocycles. The van der Waals surface area contributed by atoms with E-state index in [1.807, 2.05) is 25.1 Å². The predicted molar refractivity (Wildman–Crippen MR) is 96.6 cm³/mol. The molecule has 0 bridgehead atoms. The molecule has 5 rings (SSSR count). The molecule has 9 heteroatoms. The van der Waals surface area contributed by atoms with Gasteiger partial charge in [-0.1, -0.05) is 0 Å². The number of rotatable bonds is 5. The highest BCUT2D eigenvalue weighted by Gasteiger charge is 2.44. The second kappa shape index (κ2) is 6.73. The first kappa shape index (κ1) is 16.4. The standard InChI is InChI=1S/C18H21N7O2/c1-12-4-6-19-18(21-12)26-7-5-13-10-27-15-9-24(8-14(13)15)17-3-2-16-22-20-11-25(16)23-17/h2-4,6,11,13-15H,5,7-10H2,1H3/t13-,14-,15-/m1/s1. The molecule has 0 aromatic carbocycles. The Hall–Kier alpha value is -2.81. The van der Waals surface area contributed by atoms with Crippen LogP contribution < -0.4 is 9.64 Å². The summed E-state index contributed by atoms with van der Waals surface area (Å²) in [5.74, 6) is 1.90. The van der Waals surface area contributed by atoms with Gasteiger partial charge < -0.3 is 14.4 Å². The average molecular weight is 367 g/mol. The summed E-state index contributed by atoms with van der Waals surface area (Å²) in [6, 6.07) is 6.25. The van der Waals surface area contributed by atoms with Crippen LogP contribution in [0.3, 0.4) is 0 Å². The molecule has 2 fully saturated rings. The average Bonchev–Trinajstić information content (AvgIpc) is 3.37. The summed E-state index contributed by atoms with van der Waals surface area (Å²) in [6.45, 7) is 5.13. The zero-order valence-electron chi connectivity index (χ0n) is 15.1. The molecule has 0 spiro atoms. The van der Waals surface area contributed by atoms with Crippen molar-refractivity contribution in [2.75, 3.05) is 31.2 Å². The summed E-state index contributed by atoms with van der Waals surface area (Å²) >= 11 is 0. The molecular weight excluding hydrogens is 346 g/mol. The highest BCUT2D eigenvalue weighted by molar-refractivity contribution is 5.46. The summed E-state index contributed by atoms with van der Waals surface area (Å²) in [6.07, 6.45) is 4.54. The SMILES string of the molecule is Cc1ccnc(OCC[C@@H]2CO[C@@H]3CN(c4ccc5nncn5n4)C[C@H]23)n1. The first-order chi connectivity index (χ1) is 13.3. The molecule has 2 aliphatic heterocycles. The van der Waals surface area contributed by atoms with E-state index in [1.165, 1.54) is 0 Å². The largest absolute Gasteiger partial charge is 0.463 e. The number of nitrogens with zero attached hydrogens (tertiary/aromatic N) is 7. The summed E-state index contributed by atoms with van der Waals surface area (Å²) in [7, 11) is 0. The number of aromatic nitrogens is 6. The molecular formula is C18H21N7O2. The third kappa shape index (κ3) is 3.18. The molecule has 2 saturated heterocycles. The Labute approximate surface area is 156 Å². The van der Waals surface area contributed by atoms with Crippen LogP contribution in [0.15, 0.2) is 30.7 Å². The van der Waals surface area contributed by atoms with Gasteiger partial charge in [-0.15, -0.1) is 15.3 Å². The quantitative estimate of drug-likeness (QED) is 0.663. The molecule has 2 aliphatic rings. The zero-order chi connectivity index (χ0) is 18.2. The maximum atomic E-state index is 6.05. The third-order valence-electron chi connectivity index (χ3n) is 5.40. The topological polar surface area (TPSA) is 90.6 Å². The third-order valence-corrected chi connectivity index (χ3v) is 5.40. The molecule has 5 heterocycles. The van der Waals surface area contributed by atoms with Gasteiger partial charge in [0, 0.05) is 30.9 Å². The second-order valence-corrected chi connectivity index (χ2v) is 7.14. The minimum absolute atomic E-state index is 0.253. The van der Waals surface area contributed by atoms with E-state index >= 15 is 0 Å². The zero-order valence-corrected chi connectivity index (χ0v) is 15.1. The molecule has 0 unspecified atom stereocenters. The van der Waals surface area contributed by atoms with Crippen molar-refractivity contribution >= 4 is 11.5 Å². The Kier molecular flexibility index (Phi) is 4.08. The molecule has 0 radical (unpaired) electrons. The van der Waals surface area contributed by atoms with Crippen molar-refractivity contribution < 1.29 is 9.47 Å². The first-order valence-corrected chi connectivity index (χ1v) is 9.22. The van der Waals surface area contributed by atoms with Crippen LogP contribution in [0.5, 0.6) is 6.01 Å². The number of hydrogen-bond acceptors (Lipinski definition) is 8. The van der Waals surface area contributed by atoms with Gasteiger partial charge in [0.1, 0.15) is 12.1 Å². The highest BCUT2D eigenvalue weighted by Crippen LogP contribution is 2.36. The molecule has 3 atom stereocenters. The smallest absolute Gasteiger partial charge is 0.316 e. The fourth-order valence-corrected chi connectivity index (χ4v) is 3.97. The van der Waals surface area contributed by atoms with Crippen LogP contribution in [0, 0.1) is 18.8 Å². The van der Waals surface area contributed by atoms with Crippen molar-refractivity contribution in [3.63, 3.8) is 0 Å². The lowest BCUT2D eigenvalue weighted by Crippen LogP contribution is -2.26. The molecule has 140 valence electrons. The monoisotopic (exact) mass is 367 g/mol. The van der Waals surface area contributed by atoms with Crippen molar-refractivity contribution in [2.45, 2.75) is 19.4 Å². The van der Waals surface area contributed by atoms with E-state index in [0.29, 0.717) is 24.5 Å². The van der Waals surface area contributed by atoms with Gasteiger partial charge in [0.2, 0.25) is 0 Å². The summed E-state index contributed by atoms with van der Waals surface area (Å²) in [5, 5.41) is 12.5. The van der Waals surface area contributed by atoms with Gasteiger partial charge in [-0.2, -0.15) is 4.52 Å². The van der Waals surface area contributed by atoms with Gasteiger partial charge in [0.15, 0.2) is 5.65 Å². The van der Waals surface area contributed by atoms with Crippen molar-refractivity contribution in [1.29, 1.82) is 0 Å². The van der Waals surface area contributed by atoms with E-state index in [0.717, 1.165) is 43.3 Å². The van der Waals surface area contributed by atoms with Crippen LogP contribution in [-0.2, 0) is 4.74 Å². The van der Waals surface area contributed by atoms with Crippen molar-refractivity contribution in [2.24, 2.45) is 11.8 Å². The van der Waals surface area contributed by atoms with E-state index in [4.69, 9.17) is 9.47 Å². The van der Waals surface area contributed by atoms with Crippen LogP contribution in [0.4, 0.5) is 5.82 Å². The van der Waals surface area contributed by atoms with Gasteiger partial charge in [-0.3, -0.25) is 0 Å². The minimum atomic E-state index is 0.253. The van der Waals surface area contributed by atoms with Gasteiger partial charge in [-0.05, 0) is 37.5 Å². The van der Waals surface area contributed by atoms with Crippen LogP contribution in [0.2, 0.25) is 0 Å². The molecule has 0 amide bonds. The molecule has 0 aliphatic carbocycles. The minimum Gasteiger partial charge on any atom is -0.463 e. The second-order valence-electron chi connectivity index (χ2n) is 7.14. The maximum absolute atomic E-state index is 6.05. The fourth-order valence-electron chi connectivity index (χ4n) is 3.97. The lowest BCUT2D eigenvalue weighted by atomic mass is 9.91. The lowest BCUT2D eigenvalue weighted by molar-refractivity contribution is 0.110. The molecule has 3 aromatic rings. The van der Waals surface area contributed by atoms with Gasteiger partial charge in [-0.25, -0.2) is 9.97 Å². The normalized spacial score (nSPS) is 24.5. The molecule has 0 saturated carbocycles. The van der Waals surface area contributed by atoms with E-state index in [-0.39, 0.29) is 6.10 Å². The number of hydrogen-bond donors (Lipinski definition) is 0. The van der Waals surface area contributed by atoms with E-state index in [1.54, 1.807) is 17.0 Å². The summed E-state index contributed by atoms with van der Waals surface area (Å²) in [4.78, 5) is 10.7. The van der Waals surface area contributed by atoms with Gasteiger partial charge in [0.25, 0.3) is 0 Å². The van der Waals surface area contributed by atoms with Crippen LogP contribution in [0.1, 0.15) is 12.1 Å². The Morgan fingerprint density at radius 1 is 1.26 bits per heavy atom. The predicted octanol–water partition coefficient (Wildman–Crippen LogP) is 1.14. The van der Waals surface area contributed by atoms with E-state index in [9.17, 15) is 0 Å². The van der Waals surface area contributed by atoms with Crippen LogP contribution in [-0.4, -0.2) is 62.2 Å². The van der Waals surface area contributed by atoms with E-state index < -0.39 is 0 Å². The Balaban J connectivity index is 1.20. The molecule has 0 N–H and O–H groups in total. The van der Waals surface area contributed by atoms with Crippen molar-refractivity contribution in [1.82, 2.24) is 29.8 Å². The fraction of sp³-hybridized carbons (Fsp3) is 0.500. The van der Waals surface area contributed by atoms with Crippen molar-refractivity contribution in [3.05, 3.63) is 36.4 Å². The maximum Gasteiger partial charge on any atom is 0.316 e. The number of aryl methyl sites for hydroxylation is 1. The number of anilines is 1. The van der Waals surface area contributed by atoms with E-state index in [2.05, 4.69) is 30.2 Å². The van der Waals surface area contributed by atoms with Gasteiger partial charge in [0.05, 0.1) is 19.3 Å². The number of fused-ring (bicyclic) bond motifs is 2. The van der Waals surface area contributed by atoms with Crippen molar-refractivity contribution in [3.8, 4) is 6.01 Å². The molecule has 9 nitrogen and oxygen atoms in total. The Morgan fingerprint density at radius 3 is 3.15 bits per heavy atom. The number of ether oxygens (including phenoxy) is 2. The molecule has 27 heavy (non-hydrogen) atoms.